The van der Waals surface area contributed by atoms with Crippen LogP contribution in [0.1, 0.15) is 72.2 Å². The number of aromatic amines is 1. The van der Waals surface area contributed by atoms with E-state index in [1.165, 1.54) is 27.1 Å². The van der Waals surface area contributed by atoms with Gasteiger partial charge in [-0.3, -0.25) is 33.3 Å². The molecule has 6 heterocycles. The lowest BCUT2D eigenvalue weighted by Crippen LogP contribution is -2.47. The fourth-order valence-electron chi connectivity index (χ4n) is 7.25. The molecule has 4 aromatic rings. The topological polar surface area (TPSA) is 242 Å². The fraction of sp³-hybridized carbons (Fsp3) is 0.486. The Kier molecular flexibility index (Phi) is 11.3. The second-order valence-electron chi connectivity index (χ2n) is 14.2. The van der Waals surface area contributed by atoms with Crippen molar-refractivity contribution in [2.24, 2.45) is 0 Å². The molecule has 2 unspecified atom stereocenters. The standard InChI is InChI=1S/C37H43N9O11/c1-5-24-25(13-27(55-24)45-14-20(2)31(40-35(45)51)39-33(50)22-9-7-6-8-10-22)53-17-23-16-44(43-42-23)18-37-19-54-29(30(37)56-28(48)12-11-26(47)38-4)34(57-37)46-15-21(3)32(49)41-36(46)52/h6-10,14-16,24-25,27,29-30,34H,5,11-13,17-19H2,1-4H3,(H,38,47)(H,41,49,52)(H,39,40,50,51)/t24-,25?,27-,29+,30?,34-,37+/m1/s1. The molecule has 0 spiro atoms. The van der Waals surface area contributed by atoms with Crippen molar-refractivity contribution in [2.45, 2.75) is 102 Å². The monoisotopic (exact) mass is 789 g/mol. The molecule has 7 atom stereocenters. The number of aryl methyl sites for hydroxylation is 2. The van der Waals surface area contributed by atoms with Gasteiger partial charge in [0.2, 0.25) is 5.91 Å². The Morgan fingerprint density at radius 3 is 2.56 bits per heavy atom. The Morgan fingerprint density at radius 2 is 1.81 bits per heavy atom. The molecule has 0 radical (unpaired) electrons. The maximum Gasteiger partial charge on any atom is 0.351 e. The zero-order valence-electron chi connectivity index (χ0n) is 31.7. The van der Waals surface area contributed by atoms with E-state index in [2.05, 4.69) is 30.9 Å². The number of hydrogen-bond donors (Lipinski definition) is 3. The van der Waals surface area contributed by atoms with E-state index < -0.39 is 59.3 Å². The Balaban J connectivity index is 1.02. The Labute approximate surface area is 324 Å². The van der Waals surface area contributed by atoms with Crippen molar-refractivity contribution in [3.05, 3.63) is 103 Å². The summed E-state index contributed by atoms with van der Waals surface area (Å²) in [6, 6.07) is 8.62. The zero-order valence-corrected chi connectivity index (χ0v) is 31.7. The number of ether oxygens (including phenoxy) is 5. The Hall–Kier alpha value is -5.83. The van der Waals surface area contributed by atoms with E-state index in [0.29, 0.717) is 29.7 Å². The lowest BCUT2D eigenvalue weighted by molar-refractivity contribution is -0.183. The SMILES string of the molecule is CC[C@H]1O[C@@H](n2cc(C)c(NC(=O)c3ccccc3)nc2=O)CC1OCc1cn(C[C@]23CO[C@@H](C2OC(=O)CCC(=O)NC)[C@H](n2cc(C)c(=O)[nH]c2=O)O3)nn1. The van der Waals surface area contributed by atoms with Crippen molar-refractivity contribution in [3.63, 3.8) is 0 Å². The summed E-state index contributed by atoms with van der Waals surface area (Å²) in [5.41, 5.74) is -1.43. The second kappa shape index (κ2) is 16.3. The molecule has 0 aliphatic carbocycles. The first-order valence-electron chi connectivity index (χ1n) is 18.5. The van der Waals surface area contributed by atoms with Crippen LogP contribution in [0.3, 0.4) is 0 Å². The van der Waals surface area contributed by atoms with Gasteiger partial charge in [-0.1, -0.05) is 30.3 Å². The molecule has 1 aromatic carbocycles. The van der Waals surface area contributed by atoms with E-state index in [-0.39, 0.29) is 61.9 Å². The quantitative estimate of drug-likeness (QED) is 0.149. The second-order valence-corrected chi connectivity index (χ2v) is 14.2. The molecule has 3 aliphatic rings. The third-order valence-electron chi connectivity index (χ3n) is 10.2. The zero-order chi connectivity index (χ0) is 40.4. The molecule has 302 valence electrons. The summed E-state index contributed by atoms with van der Waals surface area (Å²) >= 11 is 0. The van der Waals surface area contributed by atoms with Gasteiger partial charge in [-0.2, -0.15) is 4.98 Å². The molecule has 3 aromatic heterocycles. The summed E-state index contributed by atoms with van der Waals surface area (Å²) in [5.74, 6) is -1.21. The number of hydrogen-bond acceptors (Lipinski definition) is 14. The molecule has 2 amide bonds. The highest BCUT2D eigenvalue weighted by Crippen LogP contribution is 2.47. The summed E-state index contributed by atoms with van der Waals surface area (Å²) < 4.78 is 34.9. The third kappa shape index (κ3) is 8.20. The van der Waals surface area contributed by atoms with Gasteiger partial charge in [0.15, 0.2) is 17.9 Å². The summed E-state index contributed by atoms with van der Waals surface area (Å²) in [5, 5.41) is 13.7. The van der Waals surface area contributed by atoms with E-state index in [4.69, 9.17) is 23.7 Å². The van der Waals surface area contributed by atoms with Crippen molar-refractivity contribution in [3.8, 4) is 0 Å². The van der Waals surface area contributed by atoms with E-state index in [0.717, 1.165) is 0 Å². The van der Waals surface area contributed by atoms with Crippen LogP contribution < -0.4 is 27.6 Å². The summed E-state index contributed by atoms with van der Waals surface area (Å²) in [4.78, 5) is 81.9. The number of carbonyl (C=O) groups excluding carboxylic acids is 3. The minimum atomic E-state index is -1.31. The Bertz CT molecular complexity index is 2320. The number of carbonyl (C=O) groups is 3. The van der Waals surface area contributed by atoms with E-state index in [1.54, 1.807) is 56.6 Å². The predicted octanol–water partition coefficient (Wildman–Crippen LogP) is 0.641. The minimum absolute atomic E-state index is 0.000738. The van der Waals surface area contributed by atoms with Crippen molar-refractivity contribution < 1.29 is 38.1 Å². The Morgan fingerprint density at radius 1 is 1.04 bits per heavy atom. The number of fused-ring (bicyclic) bond motifs is 2. The van der Waals surface area contributed by atoms with Gasteiger partial charge in [0, 0.05) is 49.0 Å². The molecule has 3 fully saturated rings. The van der Waals surface area contributed by atoms with Gasteiger partial charge in [-0.05, 0) is 32.4 Å². The minimum Gasteiger partial charge on any atom is -0.456 e. The van der Waals surface area contributed by atoms with Crippen molar-refractivity contribution in [1.82, 2.24) is 39.4 Å². The van der Waals surface area contributed by atoms with Crippen LogP contribution in [0.4, 0.5) is 5.82 Å². The molecular weight excluding hydrogens is 746 g/mol. The van der Waals surface area contributed by atoms with Crippen LogP contribution in [0, 0.1) is 13.8 Å². The summed E-state index contributed by atoms with van der Waals surface area (Å²) in [7, 11) is 1.46. The van der Waals surface area contributed by atoms with Gasteiger partial charge in [-0.25, -0.2) is 14.3 Å². The molecule has 3 N–H and O–H groups in total. The number of amides is 2. The summed E-state index contributed by atoms with van der Waals surface area (Å²) in [6.07, 6.45) is 0.885. The van der Waals surface area contributed by atoms with Gasteiger partial charge < -0.3 is 34.3 Å². The van der Waals surface area contributed by atoms with Crippen LogP contribution in [-0.4, -0.2) is 95.6 Å². The average Bonchev–Trinajstić information content (AvgIpc) is 3.98. The number of anilines is 1. The lowest BCUT2D eigenvalue weighted by atomic mass is 9.98. The van der Waals surface area contributed by atoms with Gasteiger partial charge in [0.25, 0.3) is 11.5 Å². The number of nitrogens with one attached hydrogen (secondary N) is 3. The normalized spacial score (nSPS) is 25.1. The van der Waals surface area contributed by atoms with Gasteiger partial charge in [-0.15, -0.1) is 5.10 Å². The van der Waals surface area contributed by atoms with Crippen LogP contribution in [0.5, 0.6) is 0 Å². The molecule has 3 aliphatic heterocycles. The lowest BCUT2D eigenvalue weighted by Gasteiger charge is -2.31. The van der Waals surface area contributed by atoms with Crippen LogP contribution in [0.25, 0.3) is 0 Å². The molecule has 57 heavy (non-hydrogen) atoms. The number of nitrogens with zero attached hydrogens (tertiary/aromatic N) is 6. The highest BCUT2D eigenvalue weighted by molar-refractivity contribution is 6.04. The number of esters is 1. The molecule has 2 bridgehead atoms. The first-order valence-corrected chi connectivity index (χ1v) is 18.5. The maximum atomic E-state index is 13.1. The summed E-state index contributed by atoms with van der Waals surface area (Å²) in [6.45, 7) is 5.26. The number of aromatic nitrogens is 7. The maximum absolute atomic E-state index is 13.1. The van der Waals surface area contributed by atoms with Crippen molar-refractivity contribution in [1.29, 1.82) is 0 Å². The number of benzene rings is 1. The molecule has 20 nitrogen and oxygen atoms in total. The highest BCUT2D eigenvalue weighted by Gasteiger charge is 2.65. The van der Waals surface area contributed by atoms with Crippen LogP contribution in [0.15, 0.2) is 63.3 Å². The molecule has 20 heteroatoms. The number of H-pyrrole nitrogens is 1. The van der Waals surface area contributed by atoms with Gasteiger partial charge in [0.05, 0.1) is 44.6 Å². The molecule has 3 saturated heterocycles. The molecule has 7 rings (SSSR count). The van der Waals surface area contributed by atoms with Gasteiger partial charge in [0.1, 0.15) is 23.8 Å². The third-order valence-corrected chi connectivity index (χ3v) is 10.2. The van der Waals surface area contributed by atoms with Gasteiger partial charge >= 0.3 is 17.3 Å². The smallest absolute Gasteiger partial charge is 0.351 e. The van der Waals surface area contributed by atoms with Crippen LogP contribution in [0.2, 0.25) is 0 Å². The highest BCUT2D eigenvalue weighted by atomic mass is 16.7. The molecule has 0 saturated carbocycles. The fourth-order valence-corrected chi connectivity index (χ4v) is 7.25. The van der Waals surface area contributed by atoms with E-state index in [9.17, 15) is 28.8 Å². The van der Waals surface area contributed by atoms with Crippen molar-refractivity contribution >= 4 is 23.6 Å². The first-order chi connectivity index (χ1) is 27.4. The van der Waals surface area contributed by atoms with E-state index >= 15 is 0 Å². The first kappa shape index (κ1) is 39.4. The largest absolute Gasteiger partial charge is 0.456 e. The average molecular weight is 790 g/mol. The predicted molar refractivity (Wildman–Crippen MR) is 197 cm³/mol. The van der Waals surface area contributed by atoms with Crippen LogP contribution >= 0.6 is 0 Å². The van der Waals surface area contributed by atoms with E-state index in [1.807, 2.05) is 6.92 Å². The van der Waals surface area contributed by atoms with Crippen LogP contribution in [-0.2, 0) is 46.4 Å². The number of rotatable bonds is 14. The molecular formula is C37H43N9O11. The van der Waals surface area contributed by atoms with Crippen molar-refractivity contribution in [2.75, 3.05) is 19.0 Å².